The molecule has 2 rings (SSSR count). The number of hydrogen-bond acceptors (Lipinski definition) is 3. The minimum absolute atomic E-state index is 0.0753. The molecule has 3 nitrogen and oxygen atoms in total. The van der Waals surface area contributed by atoms with Gasteiger partial charge >= 0.3 is 0 Å². The minimum atomic E-state index is -0.0753. The van der Waals surface area contributed by atoms with Gasteiger partial charge < -0.3 is 5.73 Å². The van der Waals surface area contributed by atoms with Crippen molar-refractivity contribution in [2.45, 2.75) is 6.92 Å². The monoisotopic (exact) mass is 290 g/mol. The van der Waals surface area contributed by atoms with Gasteiger partial charge in [0.05, 0.1) is 11.3 Å². The van der Waals surface area contributed by atoms with Gasteiger partial charge in [0.1, 0.15) is 5.82 Å². The van der Waals surface area contributed by atoms with Gasteiger partial charge in [0.25, 0.3) is 0 Å². The molecule has 86 valence electrons. The molecule has 1 heterocycles. The van der Waals surface area contributed by atoms with Crippen molar-refractivity contribution in [2.24, 2.45) is 0 Å². The Hall–Kier alpha value is -1.68. The highest BCUT2D eigenvalue weighted by Gasteiger charge is 2.09. The molecule has 0 aliphatic carbocycles. The van der Waals surface area contributed by atoms with Crippen LogP contribution in [-0.2, 0) is 0 Å². The molecule has 2 aromatic rings. The van der Waals surface area contributed by atoms with Crippen molar-refractivity contribution >= 4 is 27.5 Å². The third-order valence-electron chi connectivity index (χ3n) is 2.45. The summed E-state index contributed by atoms with van der Waals surface area (Å²) >= 11 is 3.46. The molecule has 0 radical (unpaired) electrons. The second kappa shape index (κ2) is 4.67. The molecule has 0 fully saturated rings. The zero-order chi connectivity index (χ0) is 12.4. The van der Waals surface area contributed by atoms with E-state index in [1.54, 1.807) is 12.1 Å². The number of nitrogen functional groups attached to an aromatic ring is 1. The average molecular weight is 291 g/mol. The van der Waals surface area contributed by atoms with Gasteiger partial charge in [0, 0.05) is 10.0 Å². The number of anilines is 1. The summed E-state index contributed by atoms with van der Waals surface area (Å²) in [6.07, 6.45) is 0. The lowest BCUT2D eigenvalue weighted by Gasteiger charge is -2.06. The van der Waals surface area contributed by atoms with Crippen molar-refractivity contribution < 1.29 is 4.79 Å². The van der Waals surface area contributed by atoms with Crippen molar-refractivity contribution in [1.82, 2.24) is 4.98 Å². The van der Waals surface area contributed by atoms with Crippen LogP contribution in [0, 0.1) is 0 Å². The van der Waals surface area contributed by atoms with Gasteiger partial charge in [-0.3, -0.25) is 4.79 Å². The number of hydrogen-bond donors (Lipinski definition) is 1. The summed E-state index contributed by atoms with van der Waals surface area (Å²) in [6.45, 7) is 1.48. The van der Waals surface area contributed by atoms with Gasteiger partial charge in [0.2, 0.25) is 0 Å². The van der Waals surface area contributed by atoms with Crippen LogP contribution in [0.1, 0.15) is 17.3 Å². The van der Waals surface area contributed by atoms with E-state index in [1.165, 1.54) is 6.92 Å². The molecule has 0 amide bonds. The molecule has 0 spiro atoms. The maximum absolute atomic E-state index is 11.3. The number of Topliss-reactive ketones (excluding diaryl/α,β-unsaturated/α-hetero) is 1. The molecule has 2 N–H and O–H groups in total. The maximum atomic E-state index is 11.3. The lowest BCUT2D eigenvalue weighted by molar-refractivity contribution is 0.101. The maximum Gasteiger partial charge on any atom is 0.163 e. The molecule has 0 unspecified atom stereocenters. The summed E-state index contributed by atoms with van der Waals surface area (Å²) in [4.78, 5) is 15.5. The third-order valence-corrected chi connectivity index (χ3v) is 3.15. The van der Waals surface area contributed by atoms with Gasteiger partial charge in [0.15, 0.2) is 5.78 Å². The molecule has 0 bridgehead atoms. The molecule has 0 saturated carbocycles. The molecule has 0 saturated heterocycles. The Labute approximate surface area is 108 Å². The largest absolute Gasteiger partial charge is 0.383 e. The first kappa shape index (κ1) is 11.8. The third kappa shape index (κ3) is 2.36. The standard InChI is InChI=1S/C13H11BrN2O/c1-8(17)9-6-7-12(16-13(9)15)10-4-2-3-5-11(10)14/h2-7H,1H3,(H2,15,16). The Morgan fingerprint density at radius 3 is 2.53 bits per heavy atom. The van der Waals surface area contributed by atoms with Crippen molar-refractivity contribution in [1.29, 1.82) is 0 Å². The quantitative estimate of drug-likeness (QED) is 0.864. The Bertz CT molecular complexity index is 581. The number of nitrogens with two attached hydrogens (primary N) is 1. The number of halogens is 1. The first-order valence-electron chi connectivity index (χ1n) is 5.12. The smallest absolute Gasteiger partial charge is 0.163 e. The topological polar surface area (TPSA) is 56.0 Å². The fourth-order valence-electron chi connectivity index (χ4n) is 1.59. The Kier molecular flexibility index (Phi) is 3.24. The number of aromatic nitrogens is 1. The predicted octanol–water partition coefficient (Wildman–Crippen LogP) is 3.30. The second-order valence-electron chi connectivity index (χ2n) is 3.67. The van der Waals surface area contributed by atoms with E-state index in [0.717, 1.165) is 15.7 Å². The summed E-state index contributed by atoms with van der Waals surface area (Å²) in [5.41, 5.74) is 7.92. The molecular formula is C13H11BrN2O. The summed E-state index contributed by atoms with van der Waals surface area (Å²) in [5.74, 6) is 0.194. The van der Waals surface area contributed by atoms with Crippen LogP contribution in [0.3, 0.4) is 0 Å². The van der Waals surface area contributed by atoms with Crippen molar-refractivity contribution in [3.8, 4) is 11.3 Å². The van der Waals surface area contributed by atoms with Crippen LogP contribution in [0.25, 0.3) is 11.3 Å². The van der Waals surface area contributed by atoms with E-state index in [0.29, 0.717) is 5.56 Å². The molecule has 0 atom stereocenters. The summed E-state index contributed by atoms with van der Waals surface area (Å²) in [5, 5.41) is 0. The first-order chi connectivity index (χ1) is 8.09. The van der Waals surface area contributed by atoms with E-state index in [-0.39, 0.29) is 11.6 Å². The lowest BCUT2D eigenvalue weighted by Crippen LogP contribution is -2.02. The number of carbonyl (C=O) groups is 1. The average Bonchev–Trinajstić information content (AvgIpc) is 2.29. The van der Waals surface area contributed by atoms with Crippen LogP contribution in [0.4, 0.5) is 5.82 Å². The Morgan fingerprint density at radius 1 is 1.24 bits per heavy atom. The highest BCUT2D eigenvalue weighted by Crippen LogP contribution is 2.27. The first-order valence-corrected chi connectivity index (χ1v) is 5.91. The minimum Gasteiger partial charge on any atom is -0.383 e. The second-order valence-corrected chi connectivity index (χ2v) is 4.52. The fraction of sp³-hybridized carbons (Fsp3) is 0.0769. The van der Waals surface area contributed by atoms with Gasteiger partial charge in [-0.2, -0.15) is 0 Å². The summed E-state index contributed by atoms with van der Waals surface area (Å²) in [6, 6.07) is 11.2. The molecular weight excluding hydrogens is 280 g/mol. The van der Waals surface area contributed by atoms with Gasteiger partial charge in [-0.05, 0) is 25.1 Å². The number of rotatable bonds is 2. The lowest BCUT2D eigenvalue weighted by atomic mass is 10.1. The molecule has 1 aromatic heterocycles. The molecule has 17 heavy (non-hydrogen) atoms. The SMILES string of the molecule is CC(=O)c1ccc(-c2ccccc2Br)nc1N. The van der Waals surface area contributed by atoms with E-state index < -0.39 is 0 Å². The normalized spacial score (nSPS) is 10.2. The van der Waals surface area contributed by atoms with E-state index in [2.05, 4.69) is 20.9 Å². The van der Waals surface area contributed by atoms with Crippen molar-refractivity contribution in [3.63, 3.8) is 0 Å². The zero-order valence-corrected chi connectivity index (χ0v) is 10.9. The van der Waals surface area contributed by atoms with Crippen LogP contribution >= 0.6 is 15.9 Å². The Balaban J connectivity index is 2.52. The van der Waals surface area contributed by atoms with Gasteiger partial charge in [-0.25, -0.2) is 4.98 Å². The van der Waals surface area contributed by atoms with E-state index in [4.69, 9.17) is 5.73 Å². The summed E-state index contributed by atoms with van der Waals surface area (Å²) in [7, 11) is 0. The summed E-state index contributed by atoms with van der Waals surface area (Å²) < 4.78 is 0.947. The van der Waals surface area contributed by atoms with Crippen LogP contribution in [-0.4, -0.2) is 10.8 Å². The molecule has 1 aromatic carbocycles. The van der Waals surface area contributed by atoms with Crippen LogP contribution < -0.4 is 5.73 Å². The van der Waals surface area contributed by atoms with Crippen LogP contribution in [0.5, 0.6) is 0 Å². The van der Waals surface area contributed by atoms with Crippen molar-refractivity contribution in [2.75, 3.05) is 5.73 Å². The predicted molar refractivity (Wildman–Crippen MR) is 71.8 cm³/mol. The highest BCUT2D eigenvalue weighted by atomic mass is 79.9. The molecule has 0 aliphatic heterocycles. The van der Waals surface area contributed by atoms with Crippen LogP contribution in [0.2, 0.25) is 0 Å². The van der Waals surface area contributed by atoms with E-state index in [9.17, 15) is 4.79 Å². The number of benzene rings is 1. The van der Waals surface area contributed by atoms with Gasteiger partial charge in [-0.1, -0.05) is 34.1 Å². The molecule has 0 aliphatic rings. The van der Waals surface area contributed by atoms with E-state index >= 15 is 0 Å². The van der Waals surface area contributed by atoms with Gasteiger partial charge in [-0.15, -0.1) is 0 Å². The fourth-order valence-corrected chi connectivity index (χ4v) is 2.08. The van der Waals surface area contributed by atoms with Crippen LogP contribution in [0.15, 0.2) is 40.9 Å². The number of pyridine rings is 1. The number of nitrogens with zero attached hydrogens (tertiary/aromatic N) is 1. The molecule has 4 heteroatoms. The van der Waals surface area contributed by atoms with E-state index in [1.807, 2.05) is 24.3 Å². The number of carbonyl (C=O) groups excluding carboxylic acids is 1. The van der Waals surface area contributed by atoms with Crippen molar-refractivity contribution in [3.05, 3.63) is 46.4 Å². The highest BCUT2D eigenvalue weighted by molar-refractivity contribution is 9.10. The Morgan fingerprint density at radius 2 is 1.94 bits per heavy atom. The zero-order valence-electron chi connectivity index (χ0n) is 9.27. The number of ketones is 1.